The Bertz CT molecular complexity index is 346. The number of nitrogens with two attached hydrogens (primary N) is 1. The average Bonchev–Trinajstić information content (AvgIpc) is 2.10. The summed E-state index contributed by atoms with van der Waals surface area (Å²) in [6.07, 6.45) is 3.06. The van der Waals surface area contributed by atoms with E-state index < -0.39 is 10.8 Å². The van der Waals surface area contributed by atoms with Crippen LogP contribution in [0.2, 0.25) is 5.02 Å². The van der Waals surface area contributed by atoms with Crippen molar-refractivity contribution in [3.05, 3.63) is 11.2 Å². The molecule has 0 aliphatic heterocycles. The minimum absolute atomic E-state index is 0.162. The molecule has 1 heterocycles. The quantitative estimate of drug-likeness (QED) is 0.793. The van der Waals surface area contributed by atoms with Crippen molar-refractivity contribution < 1.29 is 4.21 Å². The second kappa shape index (κ2) is 5.11. The topological polar surface area (TPSA) is 80.9 Å². The summed E-state index contributed by atoms with van der Waals surface area (Å²) in [4.78, 5) is 7.61. The Labute approximate surface area is 89.5 Å². The Kier molecular flexibility index (Phi) is 4.09. The Morgan fingerprint density at radius 1 is 1.71 bits per heavy atom. The van der Waals surface area contributed by atoms with Crippen LogP contribution in [0.4, 0.5) is 11.8 Å². The Balaban J connectivity index is 2.57. The third kappa shape index (κ3) is 3.47. The van der Waals surface area contributed by atoms with Gasteiger partial charge >= 0.3 is 0 Å². The van der Waals surface area contributed by atoms with Gasteiger partial charge in [-0.1, -0.05) is 11.6 Å². The van der Waals surface area contributed by atoms with Gasteiger partial charge in [-0.15, -0.1) is 0 Å². The van der Waals surface area contributed by atoms with Crippen LogP contribution in [-0.2, 0) is 10.8 Å². The molecule has 0 aliphatic rings. The number of halogens is 1. The highest BCUT2D eigenvalue weighted by Crippen LogP contribution is 2.17. The fourth-order valence-corrected chi connectivity index (χ4v) is 1.37. The number of nitrogen functional groups attached to an aromatic ring is 1. The van der Waals surface area contributed by atoms with Crippen LogP contribution >= 0.6 is 11.6 Å². The number of nitrogens with one attached hydrogen (secondary N) is 1. The van der Waals surface area contributed by atoms with Gasteiger partial charge in [0.2, 0.25) is 5.95 Å². The van der Waals surface area contributed by atoms with E-state index in [1.54, 1.807) is 6.26 Å². The first-order valence-electron chi connectivity index (χ1n) is 3.91. The van der Waals surface area contributed by atoms with Crippen molar-refractivity contribution in [2.45, 2.75) is 0 Å². The largest absolute Gasteiger partial charge is 0.368 e. The van der Waals surface area contributed by atoms with Crippen LogP contribution in [0, 0.1) is 0 Å². The molecular formula is C7H11ClN4OS. The third-order valence-electron chi connectivity index (χ3n) is 1.44. The zero-order valence-electron chi connectivity index (χ0n) is 7.66. The van der Waals surface area contributed by atoms with Crippen molar-refractivity contribution in [3.63, 3.8) is 0 Å². The molecule has 3 N–H and O–H groups in total. The van der Waals surface area contributed by atoms with Crippen molar-refractivity contribution in [1.29, 1.82) is 0 Å². The van der Waals surface area contributed by atoms with Gasteiger partial charge in [0.25, 0.3) is 0 Å². The molecule has 1 atom stereocenters. The molecular weight excluding hydrogens is 224 g/mol. The van der Waals surface area contributed by atoms with Crippen molar-refractivity contribution >= 4 is 34.2 Å². The van der Waals surface area contributed by atoms with E-state index in [9.17, 15) is 4.21 Å². The normalized spacial score (nSPS) is 12.4. The molecule has 1 unspecified atom stereocenters. The van der Waals surface area contributed by atoms with Gasteiger partial charge in [0.05, 0.1) is 6.20 Å². The summed E-state index contributed by atoms with van der Waals surface area (Å²) in [5.41, 5.74) is 5.38. The molecule has 0 saturated carbocycles. The minimum atomic E-state index is -0.831. The van der Waals surface area contributed by atoms with Gasteiger partial charge in [-0.05, 0) is 0 Å². The molecule has 0 aliphatic carbocycles. The molecule has 0 amide bonds. The summed E-state index contributed by atoms with van der Waals surface area (Å²) in [5.74, 6) is 1.18. The standard InChI is InChI=1S/C7H11ClN4OS/c1-14(13)3-2-10-6-5(8)4-11-7(9)12-6/h4H,2-3H2,1H3,(H3,9,10,11,12). The highest BCUT2D eigenvalue weighted by atomic mass is 35.5. The lowest BCUT2D eigenvalue weighted by atomic mass is 10.5. The number of rotatable bonds is 4. The summed E-state index contributed by atoms with van der Waals surface area (Å²) >= 11 is 5.79. The highest BCUT2D eigenvalue weighted by Gasteiger charge is 2.02. The molecule has 0 bridgehead atoms. The van der Waals surface area contributed by atoms with Gasteiger partial charge in [0, 0.05) is 29.4 Å². The molecule has 78 valence electrons. The number of hydrogen-bond donors (Lipinski definition) is 2. The molecule has 1 rings (SSSR count). The summed E-state index contributed by atoms with van der Waals surface area (Å²) in [5, 5.41) is 3.33. The number of hydrogen-bond acceptors (Lipinski definition) is 5. The van der Waals surface area contributed by atoms with Gasteiger partial charge in [-0.3, -0.25) is 4.21 Å². The van der Waals surface area contributed by atoms with Crippen molar-refractivity contribution in [1.82, 2.24) is 9.97 Å². The molecule has 5 nitrogen and oxygen atoms in total. The second-order valence-electron chi connectivity index (χ2n) is 2.63. The van der Waals surface area contributed by atoms with Crippen LogP contribution in [0.3, 0.4) is 0 Å². The van der Waals surface area contributed by atoms with E-state index in [1.807, 2.05) is 0 Å². The van der Waals surface area contributed by atoms with Crippen LogP contribution in [0.15, 0.2) is 6.20 Å². The third-order valence-corrected chi connectivity index (χ3v) is 2.50. The molecule has 0 fully saturated rings. The lowest BCUT2D eigenvalue weighted by Crippen LogP contribution is -2.12. The number of anilines is 2. The predicted octanol–water partition coefficient (Wildman–Crippen LogP) is 0.503. The Hall–Kier alpha value is -0.880. The first-order chi connectivity index (χ1) is 6.59. The van der Waals surface area contributed by atoms with Crippen LogP contribution in [0.1, 0.15) is 0 Å². The molecule has 7 heteroatoms. The van der Waals surface area contributed by atoms with Crippen molar-refractivity contribution in [3.8, 4) is 0 Å². The van der Waals surface area contributed by atoms with Crippen molar-refractivity contribution in [2.24, 2.45) is 0 Å². The summed E-state index contributed by atoms with van der Waals surface area (Å²) in [6.45, 7) is 0.541. The van der Waals surface area contributed by atoms with Gasteiger partial charge in [0.1, 0.15) is 5.02 Å². The summed E-state index contributed by atoms with van der Waals surface area (Å²) in [7, 11) is -0.831. The van der Waals surface area contributed by atoms with Gasteiger partial charge < -0.3 is 11.1 Å². The van der Waals surface area contributed by atoms with Gasteiger partial charge in [0.15, 0.2) is 5.82 Å². The summed E-state index contributed by atoms with van der Waals surface area (Å²) < 4.78 is 10.8. The predicted molar refractivity (Wildman–Crippen MR) is 58.9 cm³/mol. The monoisotopic (exact) mass is 234 g/mol. The fourth-order valence-electron chi connectivity index (χ4n) is 0.818. The lowest BCUT2D eigenvalue weighted by molar-refractivity contribution is 0.687. The molecule has 0 saturated heterocycles. The maximum atomic E-state index is 10.8. The first kappa shape index (κ1) is 11.2. The van der Waals surface area contributed by atoms with E-state index >= 15 is 0 Å². The smallest absolute Gasteiger partial charge is 0.222 e. The van der Waals surface area contributed by atoms with E-state index in [-0.39, 0.29) is 5.95 Å². The molecule has 0 radical (unpaired) electrons. The number of nitrogens with zero attached hydrogens (tertiary/aromatic N) is 2. The van der Waals surface area contributed by atoms with E-state index in [1.165, 1.54) is 6.20 Å². The van der Waals surface area contributed by atoms with Crippen LogP contribution in [0.25, 0.3) is 0 Å². The van der Waals surface area contributed by atoms with Crippen molar-refractivity contribution in [2.75, 3.05) is 29.6 Å². The van der Waals surface area contributed by atoms with Gasteiger partial charge in [-0.2, -0.15) is 4.98 Å². The highest BCUT2D eigenvalue weighted by molar-refractivity contribution is 7.84. The van der Waals surface area contributed by atoms with Crippen LogP contribution in [-0.4, -0.2) is 32.7 Å². The van der Waals surface area contributed by atoms with E-state index in [0.717, 1.165) is 0 Å². The first-order valence-corrected chi connectivity index (χ1v) is 6.02. The molecule has 0 aromatic carbocycles. The minimum Gasteiger partial charge on any atom is -0.368 e. The molecule has 1 aromatic heterocycles. The second-order valence-corrected chi connectivity index (χ2v) is 4.59. The van der Waals surface area contributed by atoms with Crippen LogP contribution < -0.4 is 11.1 Å². The maximum Gasteiger partial charge on any atom is 0.222 e. The number of aromatic nitrogens is 2. The SMILES string of the molecule is CS(=O)CCNc1nc(N)ncc1Cl. The maximum absolute atomic E-state index is 10.8. The van der Waals surface area contributed by atoms with E-state index in [4.69, 9.17) is 17.3 Å². The van der Waals surface area contributed by atoms with Crippen LogP contribution in [0.5, 0.6) is 0 Å². The fraction of sp³-hybridized carbons (Fsp3) is 0.429. The van der Waals surface area contributed by atoms with Gasteiger partial charge in [-0.25, -0.2) is 4.98 Å². The van der Waals surface area contributed by atoms with E-state index in [0.29, 0.717) is 23.1 Å². The summed E-state index contributed by atoms with van der Waals surface area (Å²) in [6, 6.07) is 0. The Morgan fingerprint density at radius 2 is 2.43 bits per heavy atom. The lowest BCUT2D eigenvalue weighted by Gasteiger charge is -2.05. The Morgan fingerprint density at radius 3 is 3.07 bits per heavy atom. The van der Waals surface area contributed by atoms with E-state index in [2.05, 4.69) is 15.3 Å². The average molecular weight is 235 g/mol. The molecule has 0 spiro atoms. The molecule has 14 heavy (non-hydrogen) atoms. The zero-order chi connectivity index (χ0) is 10.6. The zero-order valence-corrected chi connectivity index (χ0v) is 9.23. The molecule has 1 aromatic rings.